The van der Waals surface area contributed by atoms with E-state index in [1.54, 1.807) is 4.90 Å². The van der Waals surface area contributed by atoms with Gasteiger partial charge in [-0.3, -0.25) is 9.59 Å². The van der Waals surface area contributed by atoms with Crippen molar-refractivity contribution in [3.63, 3.8) is 0 Å². The van der Waals surface area contributed by atoms with Crippen LogP contribution in [0.2, 0.25) is 0 Å². The van der Waals surface area contributed by atoms with Gasteiger partial charge in [-0.2, -0.15) is 0 Å². The molecular weight excluding hydrogens is 355 g/mol. The summed E-state index contributed by atoms with van der Waals surface area (Å²) in [4.78, 5) is 25.7. The second-order valence-electron chi connectivity index (χ2n) is 5.20. The molecule has 0 radical (unpaired) electrons. The smallest absolute Gasteiger partial charge is 0.246 e. The summed E-state index contributed by atoms with van der Waals surface area (Å²) in [5.41, 5.74) is 1.07. The number of hydrogen-bond donors (Lipinski definition) is 1. The van der Waals surface area contributed by atoms with Crippen molar-refractivity contribution in [3.05, 3.63) is 33.4 Å². The van der Waals surface area contributed by atoms with Crippen LogP contribution >= 0.6 is 22.6 Å². The molecule has 2 fully saturated rings. The number of carbonyl (C=O) groups is 2. The van der Waals surface area contributed by atoms with Gasteiger partial charge < -0.3 is 10.2 Å². The Kier molecular flexibility index (Phi) is 3.47. The average molecular weight is 370 g/mol. The lowest BCUT2D eigenvalue weighted by Gasteiger charge is -2.32. The first-order chi connectivity index (χ1) is 9.13. The SMILES string of the molecule is O=C1CN(Cc2ccc(I)cc2)C(=O)C(C2CC2)N1. The van der Waals surface area contributed by atoms with Crippen LogP contribution < -0.4 is 5.32 Å². The Morgan fingerprint density at radius 1 is 1.21 bits per heavy atom. The highest BCUT2D eigenvalue weighted by Gasteiger charge is 2.42. The maximum absolute atomic E-state index is 12.3. The number of rotatable bonds is 3. The van der Waals surface area contributed by atoms with E-state index in [1.807, 2.05) is 24.3 Å². The molecule has 19 heavy (non-hydrogen) atoms. The molecule has 100 valence electrons. The van der Waals surface area contributed by atoms with Crippen LogP contribution in [0.15, 0.2) is 24.3 Å². The van der Waals surface area contributed by atoms with Gasteiger partial charge >= 0.3 is 0 Å². The Labute approximate surface area is 125 Å². The van der Waals surface area contributed by atoms with Gasteiger partial charge in [0, 0.05) is 10.1 Å². The minimum atomic E-state index is -0.287. The highest BCUT2D eigenvalue weighted by atomic mass is 127. The number of halogens is 1. The van der Waals surface area contributed by atoms with Gasteiger partial charge in [-0.25, -0.2) is 0 Å². The number of piperazine rings is 1. The molecule has 4 nitrogen and oxygen atoms in total. The Morgan fingerprint density at radius 3 is 2.53 bits per heavy atom. The fraction of sp³-hybridized carbons (Fsp3) is 0.429. The van der Waals surface area contributed by atoms with Gasteiger partial charge in [0.1, 0.15) is 6.04 Å². The summed E-state index contributed by atoms with van der Waals surface area (Å²) < 4.78 is 1.17. The summed E-state index contributed by atoms with van der Waals surface area (Å²) in [6, 6.07) is 7.76. The van der Waals surface area contributed by atoms with Crippen LogP contribution in [0, 0.1) is 9.49 Å². The van der Waals surface area contributed by atoms with Crippen molar-refractivity contribution >= 4 is 34.4 Å². The maximum atomic E-state index is 12.3. The van der Waals surface area contributed by atoms with Crippen molar-refractivity contribution in [2.75, 3.05) is 6.54 Å². The Bertz CT molecular complexity index is 511. The molecule has 1 aliphatic heterocycles. The van der Waals surface area contributed by atoms with Crippen molar-refractivity contribution in [1.29, 1.82) is 0 Å². The summed E-state index contributed by atoms with van der Waals surface area (Å²) in [6.45, 7) is 0.695. The third kappa shape index (κ3) is 2.91. The van der Waals surface area contributed by atoms with E-state index in [0.717, 1.165) is 18.4 Å². The molecule has 1 saturated carbocycles. The number of nitrogens with one attached hydrogen (secondary N) is 1. The number of carbonyl (C=O) groups excluding carboxylic acids is 2. The third-order valence-corrected chi connectivity index (χ3v) is 4.33. The standard InChI is InChI=1S/C14H15IN2O2/c15-11-5-1-9(2-6-11)7-17-8-12(18)16-13(14(17)19)10-3-4-10/h1-2,5-6,10,13H,3-4,7-8H2,(H,16,18). The normalized spacial score (nSPS) is 23.4. The zero-order valence-electron chi connectivity index (χ0n) is 10.4. The summed E-state index contributed by atoms with van der Waals surface area (Å²) in [5, 5.41) is 2.82. The van der Waals surface area contributed by atoms with Gasteiger partial charge in [0.25, 0.3) is 0 Å². The lowest BCUT2D eigenvalue weighted by molar-refractivity contribution is -0.145. The Balaban J connectivity index is 1.73. The summed E-state index contributed by atoms with van der Waals surface area (Å²) in [5.74, 6) is 0.388. The molecule has 2 amide bonds. The van der Waals surface area contributed by atoms with E-state index in [0.29, 0.717) is 12.5 Å². The average Bonchev–Trinajstić information content (AvgIpc) is 3.20. The number of benzene rings is 1. The van der Waals surface area contributed by atoms with Crippen LogP contribution in [-0.4, -0.2) is 29.3 Å². The quantitative estimate of drug-likeness (QED) is 0.821. The van der Waals surface area contributed by atoms with Gasteiger partial charge in [0.05, 0.1) is 6.54 Å². The number of hydrogen-bond acceptors (Lipinski definition) is 2. The molecule has 1 aromatic rings. The van der Waals surface area contributed by atoms with Crippen molar-refractivity contribution in [2.45, 2.75) is 25.4 Å². The Hall–Kier alpha value is -1.11. The van der Waals surface area contributed by atoms with E-state index in [9.17, 15) is 9.59 Å². The second kappa shape index (κ2) is 5.11. The van der Waals surface area contributed by atoms with Crippen molar-refractivity contribution < 1.29 is 9.59 Å². The van der Waals surface area contributed by atoms with Crippen LogP contribution in [0.4, 0.5) is 0 Å². The second-order valence-corrected chi connectivity index (χ2v) is 6.45. The van der Waals surface area contributed by atoms with E-state index < -0.39 is 0 Å². The topological polar surface area (TPSA) is 49.4 Å². The molecule has 3 rings (SSSR count). The van der Waals surface area contributed by atoms with E-state index >= 15 is 0 Å². The molecule has 0 bridgehead atoms. The van der Waals surface area contributed by atoms with E-state index in [-0.39, 0.29) is 24.4 Å². The predicted molar refractivity (Wildman–Crippen MR) is 79.2 cm³/mol. The molecule has 1 saturated heterocycles. The summed E-state index contributed by atoms with van der Waals surface area (Å²) in [7, 11) is 0. The highest BCUT2D eigenvalue weighted by Crippen LogP contribution is 2.34. The first-order valence-corrected chi connectivity index (χ1v) is 7.54. The predicted octanol–water partition coefficient (Wildman–Crippen LogP) is 1.53. The van der Waals surface area contributed by atoms with Crippen molar-refractivity contribution in [1.82, 2.24) is 10.2 Å². The zero-order chi connectivity index (χ0) is 13.4. The van der Waals surface area contributed by atoms with Gasteiger partial charge in [0.2, 0.25) is 11.8 Å². The third-order valence-electron chi connectivity index (χ3n) is 3.61. The Morgan fingerprint density at radius 2 is 1.89 bits per heavy atom. The molecule has 5 heteroatoms. The van der Waals surface area contributed by atoms with Crippen LogP contribution in [0.5, 0.6) is 0 Å². The van der Waals surface area contributed by atoms with E-state index in [1.165, 1.54) is 3.57 Å². The van der Waals surface area contributed by atoms with Gasteiger partial charge in [-0.1, -0.05) is 12.1 Å². The van der Waals surface area contributed by atoms with Crippen LogP contribution in [-0.2, 0) is 16.1 Å². The molecule has 1 atom stereocenters. The zero-order valence-corrected chi connectivity index (χ0v) is 12.6. The minimum absolute atomic E-state index is 0.0398. The molecular formula is C14H15IN2O2. The first-order valence-electron chi connectivity index (χ1n) is 6.46. The van der Waals surface area contributed by atoms with E-state index in [4.69, 9.17) is 0 Å². The van der Waals surface area contributed by atoms with Crippen LogP contribution in [0.1, 0.15) is 18.4 Å². The summed E-state index contributed by atoms with van der Waals surface area (Å²) >= 11 is 2.25. The fourth-order valence-corrected chi connectivity index (χ4v) is 2.78. The molecule has 1 unspecified atom stereocenters. The molecule has 0 spiro atoms. The van der Waals surface area contributed by atoms with Gasteiger partial charge in [-0.15, -0.1) is 0 Å². The van der Waals surface area contributed by atoms with E-state index in [2.05, 4.69) is 27.9 Å². The molecule has 1 heterocycles. The largest absolute Gasteiger partial charge is 0.342 e. The lowest BCUT2D eigenvalue weighted by Crippen LogP contribution is -2.58. The minimum Gasteiger partial charge on any atom is -0.342 e. The van der Waals surface area contributed by atoms with Crippen LogP contribution in [0.25, 0.3) is 0 Å². The molecule has 1 N–H and O–H groups in total. The van der Waals surface area contributed by atoms with Gasteiger partial charge in [-0.05, 0) is 59.0 Å². The number of nitrogens with zero attached hydrogens (tertiary/aromatic N) is 1. The molecule has 1 aromatic carbocycles. The van der Waals surface area contributed by atoms with Crippen molar-refractivity contribution in [3.8, 4) is 0 Å². The number of amides is 2. The maximum Gasteiger partial charge on any atom is 0.246 e. The lowest BCUT2D eigenvalue weighted by atomic mass is 10.1. The first kappa shape index (κ1) is 12.9. The van der Waals surface area contributed by atoms with Crippen LogP contribution in [0.3, 0.4) is 0 Å². The monoisotopic (exact) mass is 370 g/mol. The van der Waals surface area contributed by atoms with Gasteiger partial charge in [0.15, 0.2) is 0 Å². The van der Waals surface area contributed by atoms with Crippen molar-refractivity contribution in [2.24, 2.45) is 5.92 Å². The molecule has 1 aliphatic carbocycles. The molecule has 0 aromatic heterocycles. The fourth-order valence-electron chi connectivity index (χ4n) is 2.42. The summed E-state index contributed by atoms with van der Waals surface area (Å²) in [6.07, 6.45) is 2.10. The molecule has 2 aliphatic rings. The highest BCUT2D eigenvalue weighted by molar-refractivity contribution is 14.1.